The van der Waals surface area contributed by atoms with Crippen molar-refractivity contribution in [1.29, 1.82) is 0 Å². The number of anilines is 1. The van der Waals surface area contributed by atoms with Crippen LogP contribution >= 0.6 is 0 Å². The monoisotopic (exact) mass is 223 g/mol. The molecule has 0 aliphatic carbocycles. The molecule has 1 aliphatic rings. The van der Waals surface area contributed by atoms with E-state index in [1.165, 1.54) is 12.4 Å². The van der Waals surface area contributed by atoms with Crippen molar-refractivity contribution in [2.45, 2.75) is 18.9 Å². The molecule has 7 heteroatoms. The van der Waals surface area contributed by atoms with Gasteiger partial charge in [0.05, 0.1) is 4.92 Å². The Labute approximate surface area is 92.4 Å². The van der Waals surface area contributed by atoms with Gasteiger partial charge >= 0.3 is 5.69 Å². The van der Waals surface area contributed by atoms with E-state index in [0.29, 0.717) is 5.95 Å². The van der Waals surface area contributed by atoms with E-state index < -0.39 is 4.92 Å². The summed E-state index contributed by atoms with van der Waals surface area (Å²) in [5.41, 5.74) is 5.70. The van der Waals surface area contributed by atoms with Crippen molar-refractivity contribution in [3.8, 4) is 0 Å². The highest BCUT2D eigenvalue weighted by molar-refractivity contribution is 5.34. The summed E-state index contributed by atoms with van der Waals surface area (Å²) in [7, 11) is 0. The maximum Gasteiger partial charge on any atom is 0.305 e. The summed E-state index contributed by atoms with van der Waals surface area (Å²) >= 11 is 0. The molecule has 1 fully saturated rings. The summed E-state index contributed by atoms with van der Waals surface area (Å²) in [5, 5.41) is 10.4. The zero-order valence-corrected chi connectivity index (χ0v) is 8.74. The summed E-state index contributed by atoms with van der Waals surface area (Å²) in [6, 6.07) is 0.245. The molecule has 0 bridgehead atoms. The number of nitrogens with two attached hydrogens (primary N) is 1. The van der Waals surface area contributed by atoms with Crippen LogP contribution in [0.15, 0.2) is 12.4 Å². The Bertz CT molecular complexity index is 372. The van der Waals surface area contributed by atoms with Crippen LogP contribution in [0.1, 0.15) is 12.8 Å². The Balaban J connectivity index is 2.07. The van der Waals surface area contributed by atoms with Crippen molar-refractivity contribution in [3.05, 3.63) is 22.5 Å². The van der Waals surface area contributed by atoms with Crippen LogP contribution < -0.4 is 10.6 Å². The van der Waals surface area contributed by atoms with Gasteiger partial charge in [0.1, 0.15) is 12.4 Å². The minimum Gasteiger partial charge on any atom is -0.341 e. The van der Waals surface area contributed by atoms with Crippen LogP contribution in [0, 0.1) is 10.1 Å². The lowest BCUT2D eigenvalue weighted by Gasteiger charge is -2.29. The molecule has 2 rings (SSSR count). The largest absolute Gasteiger partial charge is 0.341 e. The van der Waals surface area contributed by atoms with Crippen molar-refractivity contribution in [2.75, 3.05) is 18.0 Å². The van der Waals surface area contributed by atoms with E-state index in [4.69, 9.17) is 5.73 Å². The molecule has 2 heterocycles. The normalized spacial score (nSPS) is 17.4. The molecule has 86 valence electrons. The van der Waals surface area contributed by atoms with Crippen molar-refractivity contribution >= 4 is 11.6 Å². The smallest absolute Gasteiger partial charge is 0.305 e. The number of piperidine rings is 1. The minimum atomic E-state index is -0.504. The van der Waals surface area contributed by atoms with E-state index >= 15 is 0 Å². The average molecular weight is 223 g/mol. The van der Waals surface area contributed by atoms with E-state index in [-0.39, 0.29) is 11.7 Å². The molecule has 1 aromatic heterocycles. The molecule has 0 saturated carbocycles. The fraction of sp³-hybridized carbons (Fsp3) is 0.556. The fourth-order valence-electron chi connectivity index (χ4n) is 1.67. The molecule has 0 spiro atoms. The Kier molecular flexibility index (Phi) is 2.95. The topological polar surface area (TPSA) is 98.2 Å². The van der Waals surface area contributed by atoms with Crippen molar-refractivity contribution in [3.63, 3.8) is 0 Å². The molecule has 1 saturated heterocycles. The van der Waals surface area contributed by atoms with Gasteiger partial charge in [0, 0.05) is 19.1 Å². The molecule has 0 aromatic carbocycles. The van der Waals surface area contributed by atoms with Crippen molar-refractivity contribution in [1.82, 2.24) is 9.97 Å². The Morgan fingerprint density at radius 3 is 2.44 bits per heavy atom. The molecule has 16 heavy (non-hydrogen) atoms. The number of rotatable bonds is 2. The van der Waals surface area contributed by atoms with Gasteiger partial charge in [-0.3, -0.25) is 10.1 Å². The summed E-state index contributed by atoms with van der Waals surface area (Å²) < 4.78 is 0. The van der Waals surface area contributed by atoms with E-state index in [1.807, 2.05) is 4.90 Å². The molecule has 7 nitrogen and oxygen atoms in total. The minimum absolute atomic E-state index is 0.0857. The zero-order valence-electron chi connectivity index (χ0n) is 8.74. The SMILES string of the molecule is NC1CCN(c2ncc([N+](=O)[O-])cn2)CC1. The van der Waals surface area contributed by atoms with Gasteiger partial charge in [0.15, 0.2) is 0 Å². The summed E-state index contributed by atoms with van der Waals surface area (Å²) in [4.78, 5) is 19.9. The van der Waals surface area contributed by atoms with Gasteiger partial charge in [-0.15, -0.1) is 0 Å². The summed E-state index contributed by atoms with van der Waals surface area (Å²) in [5.74, 6) is 0.539. The molecular weight excluding hydrogens is 210 g/mol. The Morgan fingerprint density at radius 1 is 1.38 bits per heavy atom. The predicted molar refractivity (Wildman–Crippen MR) is 58.1 cm³/mol. The second-order valence-electron chi connectivity index (χ2n) is 3.82. The Hall–Kier alpha value is -1.76. The lowest BCUT2D eigenvalue weighted by Crippen LogP contribution is -2.40. The third kappa shape index (κ3) is 2.25. The lowest BCUT2D eigenvalue weighted by atomic mass is 10.1. The molecule has 0 unspecified atom stereocenters. The van der Waals surface area contributed by atoms with Gasteiger partial charge in [-0.05, 0) is 12.8 Å². The summed E-state index contributed by atoms with van der Waals surface area (Å²) in [6.45, 7) is 1.61. The maximum absolute atomic E-state index is 10.4. The molecule has 2 N–H and O–H groups in total. The quantitative estimate of drug-likeness (QED) is 0.572. The highest BCUT2D eigenvalue weighted by Crippen LogP contribution is 2.16. The van der Waals surface area contributed by atoms with Gasteiger partial charge in [-0.25, -0.2) is 9.97 Å². The van der Waals surface area contributed by atoms with Gasteiger partial charge in [-0.2, -0.15) is 0 Å². The highest BCUT2D eigenvalue weighted by atomic mass is 16.6. The Morgan fingerprint density at radius 2 is 1.94 bits per heavy atom. The van der Waals surface area contributed by atoms with Crippen LogP contribution in [0.2, 0.25) is 0 Å². The van der Waals surface area contributed by atoms with Crippen LogP contribution in [0.4, 0.5) is 11.6 Å². The predicted octanol–water partition coefficient (Wildman–Crippen LogP) is 0.312. The molecule has 0 radical (unpaired) electrons. The second kappa shape index (κ2) is 4.40. The average Bonchev–Trinajstić information content (AvgIpc) is 2.30. The molecule has 0 atom stereocenters. The number of nitrogens with zero attached hydrogens (tertiary/aromatic N) is 4. The van der Waals surface area contributed by atoms with E-state index in [9.17, 15) is 10.1 Å². The van der Waals surface area contributed by atoms with Gasteiger partial charge in [-0.1, -0.05) is 0 Å². The first-order valence-corrected chi connectivity index (χ1v) is 5.14. The molecule has 1 aromatic rings. The first-order valence-electron chi connectivity index (χ1n) is 5.14. The van der Waals surface area contributed by atoms with Gasteiger partial charge < -0.3 is 10.6 Å². The van der Waals surface area contributed by atoms with Crippen molar-refractivity contribution in [2.24, 2.45) is 5.73 Å². The van der Waals surface area contributed by atoms with Crippen LogP contribution in [0.5, 0.6) is 0 Å². The third-order valence-electron chi connectivity index (χ3n) is 2.66. The van der Waals surface area contributed by atoms with E-state index in [2.05, 4.69) is 9.97 Å². The van der Waals surface area contributed by atoms with Gasteiger partial charge in [0.25, 0.3) is 0 Å². The standard InChI is InChI=1S/C9H13N5O2/c10-7-1-3-13(4-2-7)9-11-5-8(6-12-9)14(15)16/h5-7H,1-4,10H2. The first-order chi connectivity index (χ1) is 7.66. The second-order valence-corrected chi connectivity index (χ2v) is 3.82. The van der Waals surface area contributed by atoms with E-state index in [0.717, 1.165) is 25.9 Å². The number of aromatic nitrogens is 2. The van der Waals surface area contributed by atoms with Gasteiger partial charge in [0.2, 0.25) is 5.95 Å². The maximum atomic E-state index is 10.4. The lowest BCUT2D eigenvalue weighted by molar-refractivity contribution is -0.385. The van der Waals surface area contributed by atoms with Crippen molar-refractivity contribution < 1.29 is 4.92 Å². The van der Waals surface area contributed by atoms with Crippen LogP contribution in [0.3, 0.4) is 0 Å². The van der Waals surface area contributed by atoms with E-state index in [1.54, 1.807) is 0 Å². The molecular formula is C9H13N5O2. The van der Waals surface area contributed by atoms with Crippen LogP contribution in [-0.2, 0) is 0 Å². The van der Waals surface area contributed by atoms with Crippen LogP contribution in [-0.4, -0.2) is 34.0 Å². The number of hydrogen-bond donors (Lipinski definition) is 1. The third-order valence-corrected chi connectivity index (χ3v) is 2.66. The highest BCUT2D eigenvalue weighted by Gasteiger charge is 2.18. The zero-order chi connectivity index (χ0) is 11.5. The first kappa shape index (κ1) is 10.7. The number of nitro groups is 1. The number of hydrogen-bond acceptors (Lipinski definition) is 6. The molecule has 0 amide bonds. The summed E-state index contributed by atoms with van der Waals surface area (Å²) in [6.07, 6.45) is 4.27. The fourth-order valence-corrected chi connectivity index (χ4v) is 1.67. The molecule has 1 aliphatic heterocycles. The van der Waals surface area contributed by atoms with Crippen LogP contribution in [0.25, 0.3) is 0 Å².